The largest absolute Gasteiger partial charge is 0.507 e. The van der Waals surface area contributed by atoms with Crippen LogP contribution >= 0.6 is 11.3 Å². The molecule has 3 aromatic rings. The quantitative estimate of drug-likeness (QED) is 0.798. The number of ether oxygens (including phenoxy) is 1. The molecule has 6 nitrogen and oxygen atoms in total. The van der Waals surface area contributed by atoms with Gasteiger partial charge < -0.3 is 14.4 Å². The Morgan fingerprint density at radius 3 is 2.90 bits per heavy atom. The number of aryl methyl sites for hydroxylation is 1. The third-order valence-corrected chi connectivity index (χ3v) is 3.73. The Balaban J connectivity index is 1.87. The van der Waals surface area contributed by atoms with Gasteiger partial charge in [0.2, 0.25) is 0 Å². The Labute approximate surface area is 125 Å². The molecule has 0 fully saturated rings. The third kappa shape index (κ3) is 2.87. The lowest BCUT2D eigenvalue weighted by Crippen LogP contribution is -1.91. The van der Waals surface area contributed by atoms with Gasteiger partial charge in [0.05, 0.1) is 29.8 Å². The Morgan fingerprint density at radius 2 is 2.19 bits per heavy atom. The molecular formula is C14H13N3O3S. The molecule has 0 bridgehead atoms. The number of aromatic hydroxyl groups is 1. The first-order valence-corrected chi connectivity index (χ1v) is 7.14. The molecule has 0 saturated heterocycles. The number of thiazole rings is 1. The number of aromatic nitrogens is 3. The van der Waals surface area contributed by atoms with Crippen LogP contribution in [0, 0.1) is 6.92 Å². The van der Waals surface area contributed by atoms with Crippen LogP contribution in [0.4, 0.5) is 0 Å². The van der Waals surface area contributed by atoms with Gasteiger partial charge in [-0.1, -0.05) is 5.16 Å². The lowest BCUT2D eigenvalue weighted by atomic mass is 10.2. The Hall–Kier alpha value is -2.41. The molecule has 21 heavy (non-hydrogen) atoms. The van der Waals surface area contributed by atoms with Crippen molar-refractivity contribution in [3.63, 3.8) is 0 Å². The van der Waals surface area contributed by atoms with Gasteiger partial charge in [-0.2, -0.15) is 4.98 Å². The molecule has 1 N–H and O–H groups in total. The number of benzene rings is 1. The summed E-state index contributed by atoms with van der Waals surface area (Å²) in [5.41, 5.74) is 1.35. The summed E-state index contributed by atoms with van der Waals surface area (Å²) in [4.78, 5) is 8.65. The minimum Gasteiger partial charge on any atom is -0.507 e. The van der Waals surface area contributed by atoms with Crippen molar-refractivity contribution in [3.05, 3.63) is 40.1 Å². The van der Waals surface area contributed by atoms with E-state index in [0.717, 1.165) is 10.7 Å². The van der Waals surface area contributed by atoms with Crippen molar-refractivity contribution in [2.24, 2.45) is 0 Å². The highest BCUT2D eigenvalue weighted by atomic mass is 32.1. The van der Waals surface area contributed by atoms with Crippen molar-refractivity contribution in [2.75, 3.05) is 7.11 Å². The fourth-order valence-electron chi connectivity index (χ4n) is 1.90. The van der Waals surface area contributed by atoms with E-state index in [1.807, 2.05) is 12.3 Å². The maximum Gasteiger partial charge on any atom is 0.261 e. The van der Waals surface area contributed by atoms with E-state index < -0.39 is 0 Å². The van der Waals surface area contributed by atoms with Gasteiger partial charge in [-0.05, 0) is 25.1 Å². The molecule has 7 heteroatoms. The first kappa shape index (κ1) is 13.6. The molecule has 2 heterocycles. The normalized spacial score (nSPS) is 10.8. The number of hydrogen-bond acceptors (Lipinski definition) is 7. The highest BCUT2D eigenvalue weighted by molar-refractivity contribution is 7.09. The van der Waals surface area contributed by atoms with E-state index in [1.165, 1.54) is 6.07 Å². The second-order valence-corrected chi connectivity index (χ2v) is 5.50. The summed E-state index contributed by atoms with van der Waals surface area (Å²) in [7, 11) is 1.56. The highest BCUT2D eigenvalue weighted by Crippen LogP contribution is 2.31. The van der Waals surface area contributed by atoms with E-state index in [-0.39, 0.29) is 11.6 Å². The van der Waals surface area contributed by atoms with Crippen molar-refractivity contribution in [3.8, 4) is 23.0 Å². The fourth-order valence-corrected chi connectivity index (χ4v) is 2.51. The van der Waals surface area contributed by atoms with E-state index in [0.29, 0.717) is 23.6 Å². The predicted octanol–water partition coefficient (Wildman–Crippen LogP) is 2.81. The average Bonchev–Trinajstić information content (AvgIpc) is 3.09. The number of phenolic OH excluding ortho intramolecular Hbond substituents is 1. The summed E-state index contributed by atoms with van der Waals surface area (Å²) in [6, 6.07) is 4.84. The van der Waals surface area contributed by atoms with Gasteiger partial charge in [0.25, 0.3) is 5.89 Å². The standard InChI is InChI=1S/C14H13N3O3S/c1-8-15-9(7-21-8)5-13-16-14(20-17-13)11-6-10(19-2)3-4-12(11)18/h3-4,6-7,18H,5H2,1-2H3. The van der Waals surface area contributed by atoms with E-state index in [1.54, 1.807) is 30.6 Å². The van der Waals surface area contributed by atoms with E-state index >= 15 is 0 Å². The maximum absolute atomic E-state index is 9.89. The Morgan fingerprint density at radius 1 is 1.33 bits per heavy atom. The minimum atomic E-state index is 0.0653. The zero-order valence-electron chi connectivity index (χ0n) is 11.5. The number of rotatable bonds is 4. The van der Waals surface area contributed by atoms with Gasteiger partial charge in [0.1, 0.15) is 11.5 Å². The summed E-state index contributed by atoms with van der Waals surface area (Å²) < 4.78 is 10.3. The Bertz CT molecular complexity index is 766. The van der Waals surface area contributed by atoms with Crippen molar-refractivity contribution in [1.82, 2.24) is 15.1 Å². The van der Waals surface area contributed by atoms with Crippen LogP contribution in [0.3, 0.4) is 0 Å². The zero-order chi connectivity index (χ0) is 14.8. The van der Waals surface area contributed by atoms with Crippen LogP contribution < -0.4 is 4.74 Å². The molecule has 108 valence electrons. The lowest BCUT2D eigenvalue weighted by molar-refractivity contribution is 0.407. The molecular weight excluding hydrogens is 290 g/mol. The summed E-state index contributed by atoms with van der Waals surface area (Å²) in [6.07, 6.45) is 0.499. The van der Waals surface area contributed by atoms with Crippen LogP contribution in [0.5, 0.6) is 11.5 Å². The van der Waals surface area contributed by atoms with Crippen LogP contribution in [0.2, 0.25) is 0 Å². The molecule has 0 unspecified atom stereocenters. The van der Waals surface area contributed by atoms with E-state index in [2.05, 4.69) is 15.1 Å². The SMILES string of the molecule is COc1ccc(O)c(-c2nc(Cc3csc(C)n3)no2)c1. The van der Waals surface area contributed by atoms with Crippen LogP contribution in [-0.4, -0.2) is 27.3 Å². The first-order chi connectivity index (χ1) is 10.2. The minimum absolute atomic E-state index is 0.0653. The monoisotopic (exact) mass is 303 g/mol. The van der Waals surface area contributed by atoms with E-state index in [4.69, 9.17) is 9.26 Å². The first-order valence-electron chi connectivity index (χ1n) is 6.26. The third-order valence-electron chi connectivity index (χ3n) is 2.91. The second kappa shape index (κ2) is 5.53. The molecule has 0 atom stereocenters. The topological polar surface area (TPSA) is 81.3 Å². The zero-order valence-corrected chi connectivity index (χ0v) is 12.3. The summed E-state index contributed by atoms with van der Waals surface area (Å²) in [5.74, 6) is 1.46. The van der Waals surface area contributed by atoms with Crippen molar-refractivity contribution >= 4 is 11.3 Å². The number of methoxy groups -OCH3 is 1. The van der Waals surface area contributed by atoms with Crippen molar-refractivity contribution < 1.29 is 14.4 Å². The van der Waals surface area contributed by atoms with Crippen LogP contribution in [-0.2, 0) is 6.42 Å². The van der Waals surface area contributed by atoms with Gasteiger partial charge in [0, 0.05) is 5.38 Å². The number of hydrogen-bond donors (Lipinski definition) is 1. The predicted molar refractivity (Wildman–Crippen MR) is 77.6 cm³/mol. The summed E-state index contributed by atoms with van der Waals surface area (Å²) in [5, 5.41) is 16.8. The van der Waals surface area contributed by atoms with Gasteiger partial charge in [-0.15, -0.1) is 11.3 Å². The molecule has 0 aliphatic heterocycles. The molecule has 1 aromatic carbocycles. The molecule has 0 spiro atoms. The second-order valence-electron chi connectivity index (χ2n) is 4.43. The molecule has 0 aliphatic carbocycles. The molecule has 0 radical (unpaired) electrons. The van der Waals surface area contributed by atoms with Gasteiger partial charge in [-0.25, -0.2) is 4.98 Å². The summed E-state index contributed by atoms with van der Waals surface area (Å²) in [6.45, 7) is 1.95. The average molecular weight is 303 g/mol. The number of phenols is 1. The molecule has 3 rings (SSSR count). The van der Waals surface area contributed by atoms with Crippen LogP contribution in [0.1, 0.15) is 16.5 Å². The van der Waals surface area contributed by atoms with Crippen molar-refractivity contribution in [2.45, 2.75) is 13.3 Å². The smallest absolute Gasteiger partial charge is 0.261 e. The molecule has 0 amide bonds. The fraction of sp³-hybridized carbons (Fsp3) is 0.214. The van der Waals surface area contributed by atoms with Gasteiger partial charge >= 0.3 is 0 Å². The Kier molecular flexibility index (Phi) is 3.57. The molecule has 0 saturated carbocycles. The summed E-state index contributed by atoms with van der Waals surface area (Å²) >= 11 is 1.58. The van der Waals surface area contributed by atoms with Gasteiger partial charge in [-0.3, -0.25) is 0 Å². The molecule has 0 aliphatic rings. The van der Waals surface area contributed by atoms with E-state index in [9.17, 15) is 5.11 Å². The highest BCUT2D eigenvalue weighted by Gasteiger charge is 2.15. The molecule has 2 aromatic heterocycles. The lowest BCUT2D eigenvalue weighted by Gasteiger charge is -2.02. The maximum atomic E-state index is 9.89. The number of nitrogens with zero attached hydrogens (tertiary/aromatic N) is 3. The van der Waals surface area contributed by atoms with Crippen LogP contribution in [0.25, 0.3) is 11.5 Å². The van der Waals surface area contributed by atoms with Crippen molar-refractivity contribution in [1.29, 1.82) is 0 Å². The van der Waals surface area contributed by atoms with Gasteiger partial charge in [0.15, 0.2) is 5.82 Å². The van der Waals surface area contributed by atoms with Crippen LogP contribution in [0.15, 0.2) is 28.1 Å².